The number of ether oxygens (including phenoxy) is 2. The SMILES string of the molecule is C1CC2(C1)CC(NC1CCOC1)CO2. The zero-order valence-corrected chi connectivity index (χ0v) is 8.63. The van der Waals surface area contributed by atoms with Gasteiger partial charge < -0.3 is 14.8 Å². The van der Waals surface area contributed by atoms with Crippen molar-refractivity contribution in [3.8, 4) is 0 Å². The monoisotopic (exact) mass is 197 g/mol. The first kappa shape index (κ1) is 9.13. The van der Waals surface area contributed by atoms with E-state index in [1.54, 1.807) is 0 Å². The van der Waals surface area contributed by atoms with Gasteiger partial charge in [0.25, 0.3) is 0 Å². The molecular weight excluding hydrogens is 178 g/mol. The Balaban J connectivity index is 1.50. The van der Waals surface area contributed by atoms with E-state index in [-0.39, 0.29) is 5.60 Å². The molecule has 0 bridgehead atoms. The van der Waals surface area contributed by atoms with Crippen LogP contribution in [0.5, 0.6) is 0 Å². The number of hydrogen-bond acceptors (Lipinski definition) is 3. The van der Waals surface area contributed by atoms with E-state index in [2.05, 4.69) is 5.32 Å². The van der Waals surface area contributed by atoms with E-state index in [1.807, 2.05) is 0 Å². The van der Waals surface area contributed by atoms with Gasteiger partial charge in [-0.05, 0) is 32.1 Å². The van der Waals surface area contributed by atoms with Crippen LogP contribution in [-0.2, 0) is 9.47 Å². The van der Waals surface area contributed by atoms with Crippen molar-refractivity contribution in [2.45, 2.75) is 49.8 Å². The summed E-state index contributed by atoms with van der Waals surface area (Å²) in [7, 11) is 0. The van der Waals surface area contributed by atoms with Crippen molar-refractivity contribution in [2.24, 2.45) is 0 Å². The molecular formula is C11H19NO2. The zero-order chi connectivity index (χ0) is 9.43. The molecule has 2 atom stereocenters. The summed E-state index contributed by atoms with van der Waals surface area (Å²) in [4.78, 5) is 0. The molecule has 0 aromatic rings. The highest BCUT2D eigenvalue weighted by Gasteiger charge is 2.45. The van der Waals surface area contributed by atoms with Crippen LogP contribution in [0.2, 0.25) is 0 Å². The largest absolute Gasteiger partial charge is 0.380 e. The Hall–Kier alpha value is -0.120. The van der Waals surface area contributed by atoms with Crippen LogP contribution in [0, 0.1) is 0 Å². The van der Waals surface area contributed by atoms with Gasteiger partial charge in [0.05, 0.1) is 18.8 Å². The van der Waals surface area contributed by atoms with Crippen LogP contribution < -0.4 is 5.32 Å². The maximum Gasteiger partial charge on any atom is 0.0699 e. The van der Waals surface area contributed by atoms with Gasteiger partial charge in [0.15, 0.2) is 0 Å². The van der Waals surface area contributed by atoms with Crippen LogP contribution in [0.15, 0.2) is 0 Å². The first-order valence-corrected chi connectivity index (χ1v) is 5.84. The van der Waals surface area contributed by atoms with Crippen LogP contribution >= 0.6 is 0 Å². The lowest BCUT2D eigenvalue weighted by atomic mass is 9.77. The Morgan fingerprint density at radius 3 is 2.64 bits per heavy atom. The summed E-state index contributed by atoms with van der Waals surface area (Å²) in [5, 5.41) is 3.65. The van der Waals surface area contributed by atoms with E-state index in [0.29, 0.717) is 12.1 Å². The standard InChI is InChI=1S/C11H19NO2/c1-3-11(4-1)6-10(8-14-11)12-9-2-5-13-7-9/h9-10,12H,1-8H2. The molecule has 0 amide bonds. The highest BCUT2D eigenvalue weighted by atomic mass is 16.5. The van der Waals surface area contributed by atoms with Crippen LogP contribution in [0.4, 0.5) is 0 Å². The molecule has 3 aliphatic rings. The highest BCUT2D eigenvalue weighted by Crippen LogP contribution is 2.43. The van der Waals surface area contributed by atoms with Gasteiger partial charge in [0.1, 0.15) is 0 Å². The molecule has 2 heterocycles. The Morgan fingerprint density at radius 2 is 2.07 bits per heavy atom. The summed E-state index contributed by atoms with van der Waals surface area (Å²) in [5.41, 5.74) is 0.289. The molecule has 0 radical (unpaired) electrons. The molecule has 1 aliphatic carbocycles. The van der Waals surface area contributed by atoms with E-state index < -0.39 is 0 Å². The van der Waals surface area contributed by atoms with E-state index in [0.717, 1.165) is 19.8 Å². The Bertz CT molecular complexity index is 209. The maximum atomic E-state index is 5.90. The van der Waals surface area contributed by atoms with Crippen LogP contribution in [0.3, 0.4) is 0 Å². The summed E-state index contributed by atoms with van der Waals surface area (Å²) in [6.45, 7) is 2.73. The third-order valence-electron chi connectivity index (χ3n) is 3.87. The van der Waals surface area contributed by atoms with Crippen molar-refractivity contribution in [3.05, 3.63) is 0 Å². The average molecular weight is 197 g/mol. The van der Waals surface area contributed by atoms with E-state index in [4.69, 9.17) is 9.47 Å². The molecule has 2 aliphatic heterocycles. The van der Waals surface area contributed by atoms with Crippen LogP contribution in [-0.4, -0.2) is 37.5 Å². The van der Waals surface area contributed by atoms with Gasteiger partial charge in [-0.25, -0.2) is 0 Å². The van der Waals surface area contributed by atoms with Gasteiger partial charge in [0.2, 0.25) is 0 Å². The van der Waals surface area contributed by atoms with Gasteiger partial charge in [-0.1, -0.05) is 0 Å². The highest BCUT2D eigenvalue weighted by molar-refractivity contribution is 4.98. The third-order valence-corrected chi connectivity index (χ3v) is 3.87. The second-order valence-corrected chi connectivity index (χ2v) is 4.98. The van der Waals surface area contributed by atoms with Crippen LogP contribution in [0.25, 0.3) is 0 Å². The summed E-state index contributed by atoms with van der Waals surface area (Å²) >= 11 is 0. The van der Waals surface area contributed by atoms with E-state index in [1.165, 1.54) is 32.1 Å². The Morgan fingerprint density at radius 1 is 1.14 bits per heavy atom. The van der Waals surface area contributed by atoms with Crippen molar-refractivity contribution in [2.75, 3.05) is 19.8 Å². The van der Waals surface area contributed by atoms with Gasteiger partial charge in [0, 0.05) is 18.7 Å². The number of rotatable bonds is 2. The minimum absolute atomic E-state index is 0.289. The molecule has 14 heavy (non-hydrogen) atoms. The van der Waals surface area contributed by atoms with E-state index in [9.17, 15) is 0 Å². The second kappa shape index (κ2) is 3.47. The molecule has 3 fully saturated rings. The lowest BCUT2D eigenvalue weighted by molar-refractivity contribution is -0.0563. The van der Waals surface area contributed by atoms with Gasteiger partial charge in [-0.3, -0.25) is 0 Å². The molecule has 3 nitrogen and oxygen atoms in total. The average Bonchev–Trinajstić information content (AvgIpc) is 2.72. The third kappa shape index (κ3) is 1.58. The molecule has 80 valence electrons. The molecule has 1 N–H and O–H groups in total. The minimum Gasteiger partial charge on any atom is -0.380 e. The quantitative estimate of drug-likeness (QED) is 0.718. The summed E-state index contributed by atoms with van der Waals surface area (Å²) in [6, 6.07) is 1.17. The van der Waals surface area contributed by atoms with Crippen LogP contribution in [0.1, 0.15) is 32.1 Å². The zero-order valence-electron chi connectivity index (χ0n) is 8.63. The first-order valence-electron chi connectivity index (χ1n) is 5.84. The maximum absolute atomic E-state index is 5.90. The van der Waals surface area contributed by atoms with E-state index >= 15 is 0 Å². The lowest BCUT2D eigenvalue weighted by Gasteiger charge is -2.37. The Kier molecular flexibility index (Phi) is 2.26. The fourth-order valence-electron chi connectivity index (χ4n) is 2.87. The topological polar surface area (TPSA) is 30.5 Å². The molecule has 3 rings (SSSR count). The summed E-state index contributed by atoms with van der Waals surface area (Å²) in [5.74, 6) is 0. The molecule has 2 unspecified atom stereocenters. The van der Waals surface area contributed by atoms with Gasteiger partial charge in [-0.2, -0.15) is 0 Å². The normalized spacial score (nSPS) is 40.3. The van der Waals surface area contributed by atoms with Crippen molar-refractivity contribution in [3.63, 3.8) is 0 Å². The van der Waals surface area contributed by atoms with Gasteiger partial charge in [-0.15, -0.1) is 0 Å². The molecule has 2 saturated heterocycles. The van der Waals surface area contributed by atoms with Crippen molar-refractivity contribution >= 4 is 0 Å². The number of hydrogen-bond donors (Lipinski definition) is 1. The second-order valence-electron chi connectivity index (χ2n) is 4.98. The first-order chi connectivity index (χ1) is 6.86. The fourth-order valence-corrected chi connectivity index (χ4v) is 2.87. The van der Waals surface area contributed by atoms with Crippen molar-refractivity contribution < 1.29 is 9.47 Å². The number of nitrogens with one attached hydrogen (secondary N) is 1. The molecule has 0 aromatic carbocycles. The van der Waals surface area contributed by atoms with Crippen molar-refractivity contribution in [1.82, 2.24) is 5.32 Å². The predicted octanol–water partition coefficient (Wildman–Crippen LogP) is 1.08. The van der Waals surface area contributed by atoms with Gasteiger partial charge >= 0.3 is 0 Å². The lowest BCUT2D eigenvalue weighted by Crippen LogP contribution is -2.41. The summed E-state index contributed by atoms with van der Waals surface area (Å²) in [6.07, 6.45) is 6.32. The molecule has 0 aromatic heterocycles. The molecule has 1 saturated carbocycles. The Labute approximate surface area is 85.1 Å². The van der Waals surface area contributed by atoms with Crippen molar-refractivity contribution in [1.29, 1.82) is 0 Å². The predicted molar refractivity (Wildman–Crippen MR) is 53.3 cm³/mol. The summed E-state index contributed by atoms with van der Waals surface area (Å²) < 4.78 is 11.3. The minimum atomic E-state index is 0.289. The molecule has 1 spiro atoms. The smallest absolute Gasteiger partial charge is 0.0699 e. The fraction of sp³-hybridized carbons (Fsp3) is 1.00. The molecule has 3 heteroatoms.